The van der Waals surface area contributed by atoms with Gasteiger partial charge in [0.1, 0.15) is 5.82 Å². The molecule has 0 saturated carbocycles. The van der Waals surface area contributed by atoms with Crippen LogP contribution in [0.2, 0.25) is 0 Å². The Morgan fingerprint density at radius 1 is 1.15 bits per heavy atom. The first kappa shape index (κ1) is 19.7. The van der Waals surface area contributed by atoms with Crippen LogP contribution in [-0.2, 0) is 10.0 Å². The number of nitrogens with zero attached hydrogens (tertiary/aromatic N) is 2. The summed E-state index contributed by atoms with van der Waals surface area (Å²) < 4.78 is 28.5. The standard InChI is InChI=1S/C21H29N3O2S/c1-5-19-8-6-7-11-24(19)20-10-9-18(14-22-20)23-27(25,26)21-16(3)12-15(2)13-17(21)4/h9-10,12-14,19,23H,5-8,11H2,1-4H3. The Labute approximate surface area is 162 Å². The third-order valence-corrected chi connectivity index (χ3v) is 6.95. The fraction of sp³-hybridized carbons (Fsp3) is 0.476. The molecule has 6 heteroatoms. The lowest BCUT2D eigenvalue weighted by Crippen LogP contribution is -2.39. The van der Waals surface area contributed by atoms with Crippen LogP contribution in [0.15, 0.2) is 35.4 Å². The van der Waals surface area contributed by atoms with E-state index in [1.54, 1.807) is 12.3 Å². The zero-order valence-electron chi connectivity index (χ0n) is 16.6. The predicted molar refractivity (Wildman–Crippen MR) is 111 cm³/mol. The van der Waals surface area contributed by atoms with Crippen LogP contribution in [0.4, 0.5) is 11.5 Å². The van der Waals surface area contributed by atoms with Gasteiger partial charge in [-0.15, -0.1) is 0 Å². The van der Waals surface area contributed by atoms with Gasteiger partial charge in [0.2, 0.25) is 0 Å². The summed E-state index contributed by atoms with van der Waals surface area (Å²) in [6.07, 6.45) is 6.36. The first-order chi connectivity index (χ1) is 12.8. The van der Waals surface area contributed by atoms with Gasteiger partial charge in [-0.25, -0.2) is 13.4 Å². The van der Waals surface area contributed by atoms with E-state index in [0.29, 0.717) is 16.6 Å². The molecule has 0 bridgehead atoms. The number of rotatable bonds is 5. The van der Waals surface area contributed by atoms with Crippen LogP contribution in [0.5, 0.6) is 0 Å². The van der Waals surface area contributed by atoms with Crippen molar-refractivity contribution in [2.45, 2.75) is 64.3 Å². The number of hydrogen-bond acceptors (Lipinski definition) is 4. The number of nitrogens with one attached hydrogen (secondary N) is 1. The third-order valence-electron chi connectivity index (χ3n) is 5.27. The molecule has 1 unspecified atom stereocenters. The summed E-state index contributed by atoms with van der Waals surface area (Å²) in [5, 5.41) is 0. The van der Waals surface area contributed by atoms with Gasteiger partial charge in [-0.05, 0) is 69.7 Å². The van der Waals surface area contributed by atoms with Crippen molar-refractivity contribution >= 4 is 21.5 Å². The lowest BCUT2D eigenvalue weighted by atomic mass is 10.00. The van der Waals surface area contributed by atoms with E-state index in [-0.39, 0.29) is 0 Å². The van der Waals surface area contributed by atoms with Crippen LogP contribution >= 0.6 is 0 Å². The van der Waals surface area contributed by atoms with Crippen molar-refractivity contribution in [3.8, 4) is 0 Å². The van der Waals surface area contributed by atoms with Crippen LogP contribution in [0.1, 0.15) is 49.3 Å². The highest BCUT2D eigenvalue weighted by Gasteiger charge is 2.23. The molecule has 0 amide bonds. The minimum Gasteiger partial charge on any atom is -0.354 e. The lowest BCUT2D eigenvalue weighted by molar-refractivity contribution is 0.447. The Bertz CT molecular complexity index is 885. The topological polar surface area (TPSA) is 62.3 Å². The van der Waals surface area contributed by atoms with Gasteiger partial charge in [-0.3, -0.25) is 4.72 Å². The summed E-state index contributed by atoms with van der Waals surface area (Å²) >= 11 is 0. The summed E-state index contributed by atoms with van der Waals surface area (Å²) in [6.45, 7) is 8.85. The molecule has 146 valence electrons. The molecule has 1 fully saturated rings. The van der Waals surface area contributed by atoms with Crippen LogP contribution < -0.4 is 9.62 Å². The Morgan fingerprint density at radius 2 is 1.85 bits per heavy atom. The molecule has 1 aliphatic heterocycles. The Morgan fingerprint density at radius 3 is 2.44 bits per heavy atom. The first-order valence-corrected chi connectivity index (χ1v) is 11.1. The maximum Gasteiger partial charge on any atom is 0.262 e. The number of aryl methyl sites for hydroxylation is 3. The van der Waals surface area contributed by atoms with Crippen molar-refractivity contribution in [1.29, 1.82) is 0 Å². The minimum absolute atomic E-state index is 0.347. The van der Waals surface area contributed by atoms with E-state index in [4.69, 9.17) is 0 Å². The number of aromatic nitrogens is 1. The monoisotopic (exact) mass is 387 g/mol. The Balaban J connectivity index is 1.82. The number of anilines is 2. The highest BCUT2D eigenvalue weighted by molar-refractivity contribution is 7.92. The first-order valence-electron chi connectivity index (χ1n) is 9.65. The summed E-state index contributed by atoms with van der Waals surface area (Å²) in [6, 6.07) is 8.03. The second-order valence-electron chi connectivity index (χ2n) is 7.49. The minimum atomic E-state index is -3.65. The molecule has 0 spiro atoms. The lowest BCUT2D eigenvalue weighted by Gasteiger charge is -2.36. The van der Waals surface area contributed by atoms with Gasteiger partial charge in [-0.1, -0.05) is 24.6 Å². The van der Waals surface area contributed by atoms with E-state index < -0.39 is 10.0 Å². The number of pyridine rings is 1. The molecule has 1 aliphatic rings. The summed E-state index contributed by atoms with van der Waals surface area (Å²) in [7, 11) is -3.65. The smallest absolute Gasteiger partial charge is 0.262 e. The van der Waals surface area contributed by atoms with Crippen molar-refractivity contribution in [3.05, 3.63) is 47.2 Å². The van der Waals surface area contributed by atoms with Crippen molar-refractivity contribution in [2.24, 2.45) is 0 Å². The van der Waals surface area contributed by atoms with Crippen molar-refractivity contribution in [3.63, 3.8) is 0 Å². The Kier molecular flexibility index (Phi) is 5.75. The fourth-order valence-corrected chi connectivity index (χ4v) is 5.64. The van der Waals surface area contributed by atoms with Crippen LogP contribution in [0.25, 0.3) is 0 Å². The number of sulfonamides is 1. The van der Waals surface area contributed by atoms with Crippen molar-refractivity contribution in [2.75, 3.05) is 16.2 Å². The molecule has 1 atom stereocenters. The molecule has 2 aromatic rings. The third kappa shape index (κ3) is 4.26. The molecule has 0 aliphatic carbocycles. The van der Waals surface area contributed by atoms with E-state index >= 15 is 0 Å². The van der Waals surface area contributed by atoms with Gasteiger partial charge in [-0.2, -0.15) is 0 Å². The maximum absolute atomic E-state index is 12.9. The average Bonchev–Trinajstić information content (AvgIpc) is 2.61. The van der Waals surface area contributed by atoms with E-state index in [0.717, 1.165) is 35.5 Å². The van der Waals surface area contributed by atoms with E-state index in [1.165, 1.54) is 19.3 Å². The van der Waals surface area contributed by atoms with Gasteiger partial charge in [0.25, 0.3) is 10.0 Å². The summed E-state index contributed by atoms with van der Waals surface area (Å²) in [5.74, 6) is 0.923. The van der Waals surface area contributed by atoms with Crippen molar-refractivity contribution < 1.29 is 8.42 Å². The SMILES string of the molecule is CCC1CCCCN1c1ccc(NS(=O)(=O)c2c(C)cc(C)cc2C)cn1. The van der Waals surface area contributed by atoms with E-state index in [9.17, 15) is 8.42 Å². The molecular weight excluding hydrogens is 358 g/mol. The summed E-state index contributed by atoms with van der Waals surface area (Å²) in [5.41, 5.74) is 3.05. The normalized spacial score (nSPS) is 17.8. The molecule has 3 rings (SSSR count). The van der Waals surface area contributed by atoms with Gasteiger partial charge >= 0.3 is 0 Å². The van der Waals surface area contributed by atoms with E-state index in [1.807, 2.05) is 39.0 Å². The molecule has 5 nitrogen and oxygen atoms in total. The number of piperidine rings is 1. The zero-order valence-corrected chi connectivity index (χ0v) is 17.4. The molecular formula is C21H29N3O2S. The van der Waals surface area contributed by atoms with Crippen LogP contribution in [0, 0.1) is 20.8 Å². The Hall–Kier alpha value is -2.08. The van der Waals surface area contributed by atoms with Crippen LogP contribution in [0.3, 0.4) is 0 Å². The quantitative estimate of drug-likeness (QED) is 0.816. The zero-order chi connectivity index (χ0) is 19.6. The molecule has 27 heavy (non-hydrogen) atoms. The fourth-order valence-electron chi connectivity index (χ4n) is 4.14. The molecule has 1 saturated heterocycles. The predicted octanol–water partition coefficient (Wildman–Crippen LogP) is 4.58. The van der Waals surface area contributed by atoms with Gasteiger partial charge in [0, 0.05) is 12.6 Å². The van der Waals surface area contributed by atoms with Gasteiger partial charge < -0.3 is 4.90 Å². The second kappa shape index (κ2) is 7.89. The van der Waals surface area contributed by atoms with Crippen LogP contribution in [-0.4, -0.2) is 26.0 Å². The van der Waals surface area contributed by atoms with Gasteiger partial charge in [0.05, 0.1) is 16.8 Å². The summed E-state index contributed by atoms with van der Waals surface area (Å²) in [4.78, 5) is 7.23. The largest absolute Gasteiger partial charge is 0.354 e. The highest BCUT2D eigenvalue weighted by atomic mass is 32.2. The average molecular weight is 388 g/mol. The maximum atomic E-state index is 12.9. The van der Waals surface area contributed by atoms with E-state index in [2.05, 4.69) is 21.5 Å². The van der Waals surface area contributed by atoms with Crippen molar-refractivity contribution in [1.82, 2.24) is 4.98 Å². The molecule has 2 heterocycles. The highest BCUT2D eigenvalue weighted by Crippen LogP contribution is 2.27. The molecule has 0 radical (unpaired) electrons. The molecule has 1 N–H and O–H groups in total. The molecule has 1 aromatic carbocycles. The molecule has 1 aromatic heterocycles. The number of hydrogen-bond donors (Lipinski definition) is 1. The number of benzene rings is 1. The van der Waals surface area contributed by atoms with Gasteiger partial charge in [0.15, 0.2) is 0 Å². The second-order valence-corrected chi connectivity index (χ2v) is 9.11.